The number of hydrogen-bond donors (Lipinski definition) is 0. The lowest BCUT2D eigenvalue weighted by atomic mass is 10.1. The van der Waals surface area contributed by atoms with Crippen LogP contribution >= 0.6 is 0 Å². The van der Waals surface area contributed by atoms with Crippen LogP contribution in [0, 0.1) is 0 Å². The molecule has 0 heterocycles. The molecular weight excluding hydrogens is 478 g/mol. The van der Waals surface area contributed by atoms with E-state index in [0.717, 1.165) is 24.3 Å². The zero-order valence-electron chi connectivity index (χ0n) is 15.3. The Morgan fingerprint density at radius 3 is 1.26 bits per heavy atom. The monoisotopic (exact) mass is 492 g/mol. The van der Waals surface area contributed by atoms with Crippen LogP contribution in [-0.2, 0) is 33.1 Å². The van der Waals surface area contributed by atoms with Crippen molar-refractivity contribution in [1.29, 1.82) is 0 Å². The number of benzene rings is 2. The predicted molar refractivity (Wildman–Crippen MR) is 96.4 cm³/mol. The lowest BCUT2D eigenvalue weighted by molar-refractivity contribution is -0.128. The van der Waals surface area contributed by atoms with Gasteiger partial charge in [0.1, 0.15) is 11.5 Å². The Hall–Kier alpha value is -2.48. The molecule has 0 aromatic heterocycles. The Labute approximate surface area is 173 Å². The smallest absolute Gasteiger partial charge is 0.381 e. The fourth-order valence-electron chi connectivity index (χ4n) is 2.39. The van der Waals surface area contributed by atoms with E-state index < -0.39 is 73.1 Å². The van der Waals surface area contributed by atoms with Crippen molar-refractivity contribution in [1.82, 2.24) is 0 Å². The third kappa shape index (κ3) is 8.65. The summed E-state index contributed by atoms with van der Waals surface area (Å²) in [5.74, 6) is -1.49. The second-order valence-electron chi connectivity index (χ2n) is 6.20. The molecule has 0 bridgehead atoms. The van der Waals surface area contributed by atoms with E-state index in [1.54, 1.807) is 0 Å². The van der Waals surface area contributed by atoms with Crippen molar-refractivity contribution >= 4 is 20.2 Å². The number of halogens is 6. The fourth-order valence-corrected chi connectivity index (χ4v) is 5.06. The lowest BCUT2D eigenvalue weighted by Gasteiger charge is -2.14. The minimum absolute atomic E-state index is 0.563. The molecule has 0 amide bonds. The Morgan fingerprint density at radius 2 is 0.935 bits per heavy atom. The van der Waals surface area contributed by atoms with Crippen LogP contribution in [0.5, 0.6) is 11.5 Å². The SMILES string of the molecule is O=S(=O)(CS(=O)(=O)Oc1ccccc1CC(F)(F)F)Oc1ccccc1CC(F)(F)F. The molecule has 0 aliphatic carbocycles. The summed E-state index contributed by atoms with van der Waals surface area (Å²) in [7, 11) is -10.1. The van der Waals surface area contributed by atoms with E-state index in [1.807, 2.05) is 0 Å². The van der Waals surface area contributed by atoms with Crippen molar-refractivity contribution in [3.05, 3.63) is 59.7 Å². The normalized spacial score (nSPS) is 13.1. The molecule has 0 aliphatic rings. The molecule has 14 heteroatoms. The summed E-state index contributed by atoms with van der Waals surface area (Å²) in [4.78, 5) is 0. The Balaban J connectivity index is 2.21. The van der Waals surface area contributed by atoms with Gasteiger partial charge in [0.05, 0.1) is 12.8 Å². The molecule has 172 valence electrons. The zero-order chi connectivity index (χ0) is 23.5. The molecular formula is C17H14F6O6S2. The van der Waals surface area contributed by atoms with Gasteiger partial charge in [0.2, 0.25) is 5.08 Å². The van der Waals surface area contributed by atoms with Gasteiger partial charge >= 0.3 is 32.6 Å². The predicted octanol–water partition coefficient (Wildman–Crippen LogP) is 3.97. The molecule has 0 saturated carbocycles. The minimum atomic E-state index is -5.04. The maximum atomic E-state index is 12.6. The number of hydrogen-bond acceptors (Lipinski definition) is 6. The first-order valence-corrected chi connectivity index (χ1v) is 11.3. The minimum Gasteiger partial charge on any atom is -0.381 e. The van der Waals surface area contributed by atoms with Gasteiger partial charge in [-0.2, -0.15) is 43.2 Å². The Bertz CT molecular complexity index is 1030. The number of para-hydroxylation sites is 2. The van der Waals surface area contributed by atoms with Gasteiger partial charge in [0.25, 0.3) is 0 Å². The summed E-state index contributed by atoms with van der Waals surface area (Å²) in [5.41, 5.74) is -1.13. The summed E-state index contributed by atoms with van der Waals surface area (Å²) in [6, 6.07) is 8.39. The highest BCUT2D eigenvalue weighted by molar-refractivity contribution is 8.04. The molecule has 31 heavy (non-hydrogen) atoms. The molecule has 0 N–H and O–H groups in total. The first-order chi connectivity index (χ1) is 14.1. The highest BCUT2D eigenvalue weighted by Gasteiger charge is 2.33. The molecule has 2 aromatic rings. The van der Waals surface area contributed by atoms with Gasteiger partial charge in [0.15, 0.2) is 0 Å². The second-order valence-corrected chi connectivity index (χ2v) is 9.71. The van der Waals surface area contributed by atoms with Crippen molar-refractivity contribution in [3.8, 4) is 11.5 Å². The van der Waals surface area contributed by atoms with E-state index in [1.165, 1.54) is 24.3 Å². The zero-order valence-corrected chi connectivity index (χ0v) is 16.9. The molecule has 2 aromatic carbocycles. The first-order valence-electron chi connectivity index (χ1n) is 8.19. The lowest BCUT2D eigenvalue weighted by Crippen LogP contribution is -2.26. The molecule has 0 fully saturated rings. The van der Waals surface area contributed by atoms with Crippen LogP contribution in [0.2, 0.25) is 0 Å². The van der Waals surface area contributed by atoms with E-state index in [2.05, 4.69) is 8.37 Å². The average Bonchev–Trinajstić information content (AvgIpc) is 2.54. The van der Waals surface area contributed by atoms with Crippen LogP contribution < -0.4 is 8.37 Å². The summed E-state index contributed by atoms with van der Waals surface area (Å²) in [6.45, 7) is 0. The standard InChI is InChI=1S/C17H14F6O6S2/c18-16(19,20)9-12-5-1-3-7-14(12)28-30(24,25)11-31(26,27)29-15-8-4-2-6-13(15)10-17(21,22)23/h1-8H,9-11H2. The molecule has 2 rings (SSSR count). The second kappa shape index (κ2) is 8.94. The van der Waals surface area contributed by atoms with Crippen molar-refractivity contribution in [2.24, 2.45) is 0 Å². The molecule has 0 saturated heterocycles. The first kappa shape index (κ1) is 24.8. The van der Waals surface area contributed by atoms with Gasteiger partial charge in [0, 0.05) is 11.1 Å². The average molecular weight is 492 g/mol. The van der Waals surface area contributed by atoms with E-state index in [-0.39, 0.29) is 0 Å². The fraction of sp³-hybridized carbons (Fsp3) is 0.294. The molecule has 0 atom stereocenters. The van der Waals surface area contributed by atoms with Crippen LogP contribution in [0.4, 0.5) is 26.3 Å². The van der Waals surface area contributed by atoms with Crippen LogP contribution in [0.15, 0.2) is 48.5 Å². The third-order valence-corrected chi connectivity index (χ3v) is 6.63. The van der Waals surface area contributed by atoms with E-state index in [9.17, 15) is 43.2 Å². The number of rotatable bonds is 8. The third-order valence-electron chi connectivity index (χ3n) is 3.45. The molecule has 0 unspecified atom stereocenters. The van der Waals surface area contributed by atoms with Gasteiger partial charge in [-0.25, -0.2) is 0 Å². The summed E-state index contributed by atoms with van der Waals surface area (Å²) in [5, 5.41) is -1.85. The molecule has 0 spiro atoms. The van der Waals surface area contributed by atoms with Gasteiger partial charge < -0.3 is 8.37 Å². The number of alkyl halides is 6. The van der Waals surface area contributed by atoms with Crippen molar-refractivity contribution in [2.75, 3.05) is 5.08 Å². The van der Waals surface area contributed by atoms with Gasteiger partial charge in [-0.3, -0.25) is 0 Å². The highest BCUT2D eigenvalue weighted by Crippen LogP contribution is 2.30. The quantitative estimate of drug-likeness (QED) is 0.410. The van der Waals surface area contributed by atoms with Crippen LogP contribution in [0.3, 0.4) is 0 Å². The van der Waals surface area contributed by atoms with Crippen molar-refractivity contribution < 1.29 is 51.5 Å². The molecule has 6 nitrogen and oxygen atoms in total. The van der Waals surface area contributed by atoms with Gasteiger partial charge in [-0.1, -0.05) is 36.4 Å². The van der Waals surface area contributed by atoms with Crippen LogP contribution in [0.1, 0.15) is 11.1 Å². The van der Waals surface area contributed by atoms with Gasteiger partial charge in [-0.05, 0) is 12.1 Å². The molecule has 0 aliphatic heterocycles. The van der Waals surface area contributed by atoms with Gasteiger partial charge in [-0.15, -0.1) is 0 Å². The van der Waals surface area contributed by atoms with E-state index in [4.69, 9.17) is 0 Å². The Kier molecular flexibility index (Phi) is 7.15. The topological polar surface area (TPSA) is 86.7 Å². The summed E-state index contributed by atoms with van der Waals surface area (Å²) in [6.07, 6.45) is -12.5. The summed E-state index contributed by atoms with van der Waals surface area (Å²) >= 11 is 0. The highest BCUT2D eigenvalue weighted by atomic mass is 32.3. The van der Waals surface area contributed by atoms with Crippen LogP contribution in [-0.4, -0.2) is 34.3 Å². The van der Waals surface area contributed by atoms with Crippen LogP contribution in [0.25, 0.3) is 0 Å². The van der Waals surface area contributed by atoms with Crippen molar-refractivity contribution in [2.45, 2.75) is 25.2 Å². The maximum absolute atomic E-state index is 12.6. The summed E-state index contributed by atoms with van der Waals surface area (Å²) < 4.78 is 133. The van der Waals surface area contributed by atoms with E-state index in [0.29, 0.717) is 0 Å². The van der Waals surface area contributed by atoms with Crippen molar-refractivity contribution in [3.63, 3.8) is 0 Å². The largest absolute Gasteiger partial charge is 0.393 e. The van der Waals surface area contributed by atoms with E-state index >= 15 is 0 Å². The molecule has 0 radical (unpaired) electrons. The Morgan fingerprint density at radius 1 is 0.613 bits per heavy atom. The maximum Gasteiger partial charge on any atom is 0.393 e.